The quantitative estimate of drug-likeness (QED) is 0.331. The third kappa shape index (κ3) is 5.38. The van der Waals surface area contributed by atoms with Gasteiger partial charge in [-0.3, -0.25) is 0 Å². The van der Waals surface area contributed by atoms with Crippen molar-refractivity contribution in [1.82, 2.24) is 4.57 Å². The topological polar surface area (TPSA) is 8.81 Å². The first-order valence-corrected chi connectivity index (χ1v) is 11.3. The highest BCUT2D eigenvalue weighted by molar-refractivity contribution is 5.30. The van der Waals surface area contributed by atoms with Crippen molar-refractivity contribution in [2.75, 3.05) is 0 Å². The highest BCUT2D eigenvalue weighted by Gasteiger charge is 2.40. The Hall–Kier alpha value is -2.35. The summed E-state index contributed by atoms with van der Waals surface area (Å²) in [6.45, 7) is 8.12. The van der Waals surface area contributed by atoms with Crippen LogP contribution in [-0.4, -0.2) is 4.57 Å². The van der Waals surface area contributed by atoms with Crippen LogP contribution in [0.3, 0.4) is 0 Å². The van der Waals surface area contributed by atoms with Gasteiger partial charge in [-0.25, -0.2) is 9.13 Å². The second-order valence-corrected chi connectivity index (χ2v) is 8.56. The molecule has 0 aliphatic rings. The molecule has 0 saturated heterocycles. The van der Waals surface area contributed by atoms with Gasteiger partial charge in [0.25, 0.3) is 0 Å². The van der Waals surface area contributed by atoms with E-state index >= 15 is 0 Å². The molecule has 2 heteroatoms. The Morgan fingerprint density at radius 1 is 0.897 bits per heavy atom. The monoisotopic (exact) mass is 389 g/mol. The average molecular weight is 390 g/mol. The van der Waals surface area contributed by atoms with Crippen LogP contribution >= 0.6 is 0 Å². The van der Waals surface area contributed by atoms with Crippen LogP contribution in [0.1, 0.15) is 70.0 Å². The summed E-state index contributed by atoms with van der Waals surface area (Å²) in [4.78, 5) is 0. The predicted molar refractivity (Wildman–Crippen MR) is 122 cm³/mol. The number of unbranched alkanes of at least 4 members (excludes halogenated alkanes) is 2. The molecule has 0 aliphatic carbocycles. The van der Waals surface area contributed by atoms with E-state index in [1.54, 1.807) is 0 Å². The third-order valence-corrected chi connectivity index (χ3v) is 6.26. The van der Waals surface area contributed by atoms with E-state index in [4.69, 9.17) is 0 Å². The minimum absolute atomic E-state index is 0.0272. The van der Waals surface area contributed by atoms with Crippen molar-refractivity contribution in [3.63, 3.8) is 0 Å². The van der Waals surface area contributed by atoms with Crippen molar-refractivity contribution >= 4 is 0 Å². The molecule has 2 unspecified atom stereocenters. The summed E-state index contributed by atoms with van der Waals surface area (Å²) in [6, 6.07) is 22.5. The summed E-state index contributed by atoms with van der Waals surface area (Å²) in [5.74, 6) is 0. The average Bonchev–Trinajstić information content (AvgIpc) is 3.22. The molecule has 2 nitrogen and oxygen atoms in total. The summed E-state index contributed by atoms with van der Waals surface area (Å²) in [7, 11) is 0. The maximum absolute atomic E-state index is 2.49. The number of aromatic nitrogens is 2. The van der Waals surface area contributed by atoms with Crippen LogP contribution in [0.4, 0.5) is 0 Å². The van der Waals surface area contributed by atoms with Gasteiger partial charge in [0.2, 0.25) is 6.33 Å². The van der Waals surface area contributed by atoms with Gasteiger partial charge in [0.1, 0.15) is 18.4 Å². The second kappa shape index (κ2) is 10.4. The lowest BCUT2D eigenvalue weighted by Gasteiger charge is -2.36. The van der Waals surface area contributed by atoms with Crippen LogP contribution in [-0.2, 0) is 18.4 Å². The Morgan fingerprint density at radius 3 is 2.21 bits per heavy atom. The lowest BCUT2D eigenvalue weighted by atomic mass is 9.70. The second-order valence-electron chi connectivity index (χ2n) is 8.56. The Morgan fingerprint density at radius 2 is 1.55 bits per heavy atom. The van der Waals surface area contributed by atoms with Gasteiger partial charge in [-0.1, -0.05) is 94.3 Å². The van der Waals surface area contributed by atoms with Gasteiger partial charge >= 0.3 is 0 Å². The molecule has 0 N–H and O–H groups in total. The molecule has 2 atom stereocenters. The summed E-state index contributed by atoms with van der Waals surface area (Å²) >= 11 is 0. The van der Waals surface area contributed by atoms with Crippen LogP contribution < -0.4 is 4.57 Å². The van der Waals surface area contributed by atoms with E-state index in [0.717, 1.165) is 13.0 Å². The fourth-order valence-electron chi connectivity index (χ4n) is 4.51. The maximum atomic E-state index is 2.49. The number of aryl methyl sites for hydroxylation is 1. The van der Waals surface area contributed by atoms with Crippen molar-refractivity contribution in [3.8, 4) is 0 Å². The minimum atomic E-state index is 0.0272. The first kappa shape index (κ1) is 21.4. The number of rotatable bonds is 11. The first-order chi connectivity index (χ1) is 14.2. The number of hydrogen-bond acceptors (Lipinski definition) is 0. The molecular formula is C27H37N2+. The maximum Gasteiger partial charge on any atom is 0.244 e. The van der Waals surface area contributed by atoms with E-state index in [1.165, 1.54) is 43.2 Å². The van der Waals surface area contributed by atoms with E-state index in [0.29, 0.717) is 6.04 Å². The van der Waals surface area contributed by atoms with Crippen molar-refractivity contribution < 1.29 is 4.57 Å². The zero-order chi connectivity index (χ0) is 20.5. The van der Waals surface area contributed by atoms with Gasteiger partial charge in [0.05, 0.1) is 6.54 Å². The van der Waals surface area contributed by atoms with Crippen LogP contribution in [0.25, 0.3) is 0 Å². The van der Waals surface area contributed by atoms with Gasteiger partial charge in [-0.2, -0.15) is 0 Å². The van der Waals surface area contributed by atoms with E-state index < -0.39 is 0 Å². The number of hydrogen-bond donors (Lipinski definition) is 0. The molecule has 29 heavy (non-hydrogen) atoms. The Balaban J connectivity index is 2.01. The molecule has 3 aromatic rings. The summed E-state index contributed by atoms with van der Waals surface area (Å²) in [5.41, 5.74) is 2.87. The zero-order valence-corrected chi connectivity index (χ0v) is 18.4. The largest absolute Gasteiger partial charge is 0.244 e. The normalized spacial score (nSPS) is 14.4. The number of benzene rings is 2. The molecule has 0 fully saturated rings. The molecule has 0 spiro atoms. The van der Waals surface area contributed by atoms with Gasteiger partial charge in [-0.15, -0.1) is 0 Å². The molecule has 2 aromatic carbocycles. The van der Waals surface area contributed by atoms with Gasteiger partial charge < -0.3 is 0 Å². The van der Waals surface area contributed by atoms with Crippen LogP contribution in [0.15, 0.2) is 79.4 Å². The molecule has 0 bridgehead atoms. The molecule has 0 radical (unpaired) electrons. The van der Waals surface area contributed by atoms with Crippen molar-refractivity contribution in [2.45, 2.75) is 77.3 Å². The lowest BCUT2D eigenvalue weighted by Crippen LogP contribution is -2.38. The Kier molecular flexibility index (Phi) is 7.69. The molecule has 0 aliphatic heterocycles. The number of imidazole rings is 1. The number of nitrogens with zero attached hydrogens (tertiary/aromatic N) is 2. The summed E-state index contributed by atoms with van der Waals surface area (Å²) < 4.78 is 4.84. The van der Waals surface area contributed by atoms with Gasteiger partial charge in [-0.05, 0) is 36.8 Å². The van der Waals surface area contributed by atoms with Crippen molar-refractivity contribution in [3.05, 3.63) is 90.5 Å². The molecule has 0 saturated carbocycles. The summed E-state index contributed by atoms with van der Waals surface area (Å²) in [5, 5.41) is 0. The molecular weight excluding hydrogens is 352 g/mol. The third-order valence-electron chi connectivity index (χ3n) is 6.26. The van der Waals surface area contributed by atoms with Crippen molar-refractivity contribution in [1.29, 1.82) is 0 Å². The molecule has 1 heterocycles. The standard InChI is InChI=1S/C27H37N2/c1-4-6-18-26(29-21-20-28(23-29)19-7-5-2)27(3,25-16-12-9-13-17-25)22-24-14-10-8-11-15-24/h8-17,20-21,23,26H,4-7,18-19,22H2,1-3H3/q+1. The zero-order valence-electron chi connectivity index (χ0n) is 18.4. The predicted octanol–water partition coefficient (Wildman–Crippen LogP) is 6.51. The van der Waals surface area contributed by atoms with E-state index in [-0.39, 0.29) is 5.41 Å². The fraction of sp³-hybridized carbons (Fsp3) is 0.444. The summed E-state index contributed by atoms with van der Waals surface area (Å²) in [6.07, 6.45) is 14.0. The fourth-order valence-corrected chi connectivity index (χ4v) is 4.51. The van der Waals surface area contributed by atoms with Crippen molar-refractivity contribution in [2.24, 2.45) is 0 Å². The first-order valence-electron chi connectivity index (χ1n) is 11.3. The minimum Gasteiger partial charge on any atom is -0.237 e. The SMILES string of the molecule is CCCCC(n1cc[n+](CCCC)c1)C(C)(Cc1ccccc1)c1ccccc1. The Bertz CT molecular complexity index is 837. The molecule has 1 aromatic heterocycles. The Labute approximate surface area is 177 Å². The van der Waals surface area contributed by atoms with E-state index in [9.17, 15) is 0 Å². The molecule has 0 amide bonds. The van der Waals surface area contributed by atoms with Gasteiger partial charge in [0, 0.05) is 5.41 Å². The van der Waals surface area contributed by atoms with E-state index in [2.05, 4.69) is 109 Å². The smallest absolute Gasteiger partial charge is 0.237 e. The van der Waals surface area contributed by atoms with Gasteiger partial charge in [0.15, 0.2) is 0 Å². The van der Waals surface area contributed by atoms with E-state index in [1.807, 2.05) is 0 Å². The van der Waals surface area contributed by atoms with Crippen LogP contribution in [0.5, 0.6) is 0 Å². The molecule has 3 rings (SSSR count). The highest BCUT2D eigenvalue weighted by atomic mass is 15.1. The van der Waals surface area contributed by atoms with Crippen LogP contribution in [0.2, 0.25) is 0 Å². The highest BCUT2D eigenvalue weighted by Crippen LogP contribution is 2.41. The lowest BCUT2D eigenvalue weighted by molar-refractivity contribution is -0.697. The van der Waals surface area contributed by atoms with Crippen LogP contribution in [0, 0.1) is 0 Å². The molecule has 154 valence electrons.